The third kappa shape index (κ3) is 3.43. The third-order valence-corrected chi connectivity index (χ3v) is 3.94. The minimum Gasteiger partial charge on any atom is -0.394 e. The first-order valence-corrected chi connectivity index (χ1v) is 7.37. The molecule has 21 heavy (non-hydrogen) atoms. The van der Waals surface area contributed by atoms with Crippen molar-refractivity contribution in [3.05, 3.63) is 16.1 Å². The molecule has 0 aliphatic carbocycles. The van der Waals surface area contributed by atoms with E-state index in [1.165, 1.54) is 13.3 Å². The molecule has 0 fully saturated rings. The maximum atomic E-state index is 9.74. The van der Waals surface area contributed by atoms with Gasteiger partial charge in [0.1, 0.15) is 36.7 Å². The highest BCUT2D eigenvalue weighted by Gasteiger charge is 2.24. The molecular formula is C12H17IN4O4. The number of nitrogens with two attached hydrogens (primary N) is 1. The number of hydrogen-bond donors (Lipinski definition) is 4. The molecule has 0 bridgehead atoms. The van der Waals surface area contributed by atoms with E-state index in [1.807, 2.05) is 0 Å². The second-order valence-electron chi connectivity index (χ2n) is 4.65. The van der Waals surface area contributed by atoms with E-state index >= 15 is 0 Å². The highest BCUT2D eigenvalue weighted by Crippen LogP contribution is 2.25. The van der Waals surface area contributed by atoms with Gasteiger partial charge in [0.2, 0.25) is 0 Å². The van der Waals surface area contributed by atoms with Crippen LogP contribution in [-0.4, -0.2) is 54.8 Å². The largest absolute Gasteiger partial charge is 0.394 e. The number of aliphatic hydroxyl groups excluding tert-OH is 3. The Hall–Kier alpha value is -1.01. The Morgan fingerprint density at radius 3 is 2.76 bits per heavy atom. The van der Waals surface area contributed by atoms with E-state index in [0.717, 1.165) is 8.96 Å². The second-order valence-corrected chi connectivity index (χ2v) is 5.81. The van der Waals surface area contributed by atoms with Gasteiger partial charge < -0.3 is 30.4 Å². The van der Waals surface area contributed by atoms with Crippen molar-refractivity contribution in [2.45, 2.75) is 32.0 Å². The van der Waals surface area contributed by atoms with Crippen molar-refractivity contribution in [1.29, 1.82) is 0 Å². The van der Waals surface area contributed by atoms with Gasteiger partial charge in [-0.2, -0.15) is 0 Å². The minimum absolute atomic E-state index is 0.0605. The maximum absolute atomic E-state index is 9.74. The number of nitrogen functional groups attached to an aromatic ring is 1. The van der Waals surface area contributed by atoms with Gasteiger partial charge in [0.15, 0.2) is 0 Å². The maximum Gasteiger partial charge on any atom is 0.148 e. The summed E-state index contributed by atoms with van der Waals surface area (Å²) in [5, 5.41) is 29.0. The summed E-state index contributed by atoms with van der Waals surface area (Å²) < 4.78 is 8.04. The van der Waals surface area contributed by atoms with E-state index in [0.29, 0.717) is 11.5 Å². The van der Waals surface area contributed by atoms with Gasteiger partial charge in [-0.3, -0.25) is 0 Å². The molecule has 0 unspecified atom stereocenters. The van der Waals surface area contributed by atoms with Crippen molar-refractivity contribution in [2.24, 2.45) is 0 Å². The average molecular weight is 408 g/mol. The van der Waals surface area contributed by atoms with Gasteiger partial charge in [-0.1, -0.05) is 0 Å². The number of rotatable bonds is 6. The molecule has 0 aromatic carbocycles. The van der Waals surface area contributed by atoms with Crippen LogP contribution in [0.4, 0.5) is 5.82 Å². The van der Waals surface area contributed by atoms with Crippen molar-refractivity contribution in [1.82, 2.24) is 14.5 Å². The Morgan fingerprint density at radius 2 is 2.14 bits per heavy atom. The highest BCUT2D eigenvalue weighted by molar-refractivity contribution is 14.1. The van der Waals surface area contributed by atoms with Crippen LogP contribution in [0.2, 0.25) is 0 Å². The zero-order valence-corrected chi connectivity index (χ0v) is 13.5. The van der Waals surface area contributed by atoms with Crippen LogP contribution in [-0.2, 0) is 11.5 Å². The molecule has 0 amide bonds. The zero-order valence-electron chi connectivity index (χ0n) is 11.3. The normalized spacial score (nSPS) is 16.0. The molecule has 9 heteroatoms. The summed E-state index contributed by atoms with van der Waals surface area (Å²) in [7, 11) is 0. The highest BCUT2D eigenvalue weighted by atomic mass is 127. The van der Waals surface area contributed by atoms with Gasteiger partial charge in [-0.05, 0) is 29.5 Å². The van der Waals surface area contributed by atoms with Gasteiger partial charge in [0, 0.05) is 9.77 Å². The number of ether oxygens (including phenoxy) is 1. The van der Waals surface area contributed by atoms with E-state index in [-0.39, 0.29) is 6.73 Å². The Morgan fingerprint density at radius 1 is 1.43 bits per heavy atom. The van der Waals surface area contributed by atoms with Crippen LogP contribution < -0.4 is 5.73 Å². The van der Waals surface area contributed by atoms with Gasteiger partial charge in [0.05, 0.1) is 18.1 Å². The molecule has 2 rings (SSSR count). The zero-order chi connectivity index (χ0) is 15.6. The van der Waals surface area contributed by atoms with Crippen molar-refractivity contribution in [3.63, 3.8) is 0 Å². The summed E-state index contributed by atoms with van der Waals surface area (Å²) in [4.78, 5) is 8.10. The molecule has 2 aromatic heterocycles. The lowest BCUT2D eigenvalue weighted by molar-refractivity contribution is -0.119. The monoisotopic (exact) mass is 408 g/mol. The molecule has 2 heterocycles. The SMILES string of the molecule is C[C@H](O)[C@H](O)[C@@H](CO)OCn1cc(I)c2c(N)ncnc21. The van der Waals surface area contributed by atoms with Crippen LogP contribution in [0.1, 0.15) is 6.92 Å². The molecule has 0 saturated heterocycles. The fraction of sp³-hybridized carbons (Fsp3) is 0.500. The molecule has 2 aromatic rings. The van der Waals surface area contributed by atoms with Gasteiger partial charge in [-0.25, -0.2) is 9.97 Å². The lowest BCUT2D eigenvalue weighted by Crippen LogP contribution is -2.40. The molecule has 5 N–H and O–H groups in total. The number of aliphatic hydroxyl groups is 3. The average Bonchev–Trinajstić information content (AvgIpc) is 2.77. The third-order valence-electron chi connectivity index (χ3n) is 3.12. The molecule has 0 saturated carbocycles. The van der Waals surface area contributed by atoms with Crippen LogP contribution in [0.25, 0.3) is 11.0 Å². The van der Waals surface area contributed by atoms with Crippen molar-refractivity contribution < 1.29 is 20.1 Å². The molecule has 0 aliphatic rings. The molecular weight excluding hydrogens is 391 g/mol. The summed E-state index contributed by atoms with van der Waals surface area (Å²) >= 11 is 2.12. The minimum atomic E-state index is -1.17. The number of fused-ring (bicyclic) bond motifs is 1. The predicted octanol–water partition coefficient (Wildman–Crippen LogP) is -0.305. The number of nitrogens with zero attached hydrogens (tertiary/aromatic N) is 3. The molecule has 0 spiro atoms. The summed E-state index contributed by atoms with van der Waals surface area (Å²) in [6, 6.07) is 0. The fourth-order valence-corrected chi connectivity index (χ4v) is 2.80. The van der Waals surface area contributed by atoms with E-state index in [1.54, 1.807) is 10.8 Å². The molecule has 0 radical (unpaired) electrons. The second kappa shape index (κ2) is 6.83. The lowest BCUT2D eigenvalue weighted by Gasteiger charge is -2.23. The quantitative estimate of drug-likeness (QED) is 0.484. The molecule has 3 atom stereocenters. The number of halogens is 1. The summed E-state index contributed by atoms with van der Waals surface area (Å²) in [5.74, 6) is 0.380. The first kappa shape index (κ1) is 16.4. The van der Waals surface area contributed by atoms with Crippen molar-refractivity contribution >= 4 is 39.4 Å². The first-order chi connectivity index (χ1) is 9.95. The summed E-state index contributed by atoms with van der Waals surface area (Å²) in [6.45, 7) is 1.09. The van der Waals surface area contributed by atoms with Crippen LogP contribution in [0.5, 0.6) is 0 Å². The van der Waals surface area contributed by atoms with Gasteiger partial charge in [0.25, 0.3) is 0 Å². The Bertz CT molecular complexity index is 619. The van der Waals surface area contributed by atoms with Crippen molar-refractivity contribution in [2.75, 3.05) is 12.3 Å². The van der Waals surface area contributed by atoms with E-state index in [4.69, 9.17) is 10.5 Å². The number of hydrogen-bond acceptors (Lipinski definition) is 7. The Labute approximate surface area is 134 Å². The molecule has 116 valence electrons. The van der Waals surface area contributed by atoms with Crippen LogP contribution in [0, 0.1) is 3.57 Å². The van der Waals surface area contributed by atoms with Crippen LogP contribution in [0.15, 0.2) is 12.5 Å². The Balaban J connectivity index is 2.19. The van der Waals surface area contributed by atoms with Crippen molar-refractivity contribution in [3.8, 4) is 0 Å². The number of aromatic nitrogens is 3. The van der Waals surface area contributed by atoms with Crippen LogP contribution >= 0.6 is 22.6 Å². The van der Waals surface area contributed by atoms with E-state index in [9.17, 15) is 15.3 Å². The summed E-state index contributed by atoms with van der Waals surface area (Å²) in [6.07, 6.45) is 0.0919. The van der Waals surface area contributed by atoms with Gasteiger partial charge in [-0.15, -0.1) is 0 Å². The molecule has 0 aliphatic heterocycles. The summed E-state index contributed by atoms with van der Waals surface area (Å²) in [5.41, 5.74) is 6.42. The number of anilines is 1. The fourth-order valence-electron chi connectivity index (χ4n) is 1.94. The first-order valence-electron chi connectivity index (χ1n) is 6.29. The smallest absolute Gasteiger partial charge is 0.148 e. The Kier molecular flexibility index (Phi) is 5.32. The predicted molar refractivity (Wildman–Crippen MR) is 84.3 cm³/mol. The topological polar surface area (TPSA) is 127 Å². The van der Waals surface area contributed by atoms with E-state index in [2.05, 4.69) is 32.6 Å². The van der Waals surface area contributed by atoms with E-state index < -0.39 is 24.9 Å². The molecule has 8 nitrogen and oxygen atoms in total. The van der Waals surface area contributed by atoms with Gasteiger partial charge >= 0.3 is 0 Å². The lowest BCUT2D eigenvalue weighted by atomic mass is 10.1. The van der Waals surface area contributed by atoms with Crippen LogP contribution in [0.3, 0.4) is 0 Å². The standard InChI is InChI=1S/C12H17IN4O4/c1-6(19)10(20)8(3-18)21-5-17-2-7(13)9-11(14)15-4-16-12(9)17/h2,4,6,8,10,18-20H,3,5H2,1H3,(H2,14,15,16)/t6-,8+,10-/m0/s1.